The molecule has 1 aromatic rings. The SMILES string of the molecule is CCNC(=NCc1c(CC)noc1CC)NCC(CC(C)C)N1CCCC1.I. The number of aryl methyl sites for hydroxylation is 2. The lowest BCUT2D eigenvalue weighted by molar-refractivity contribution is 0.213. The van der Waals surface area contributed by atoms with Crippen molar-refractivity contribution in [3.05, 3.63) is 17.0 Å². The molecule has 1 aliphatic heterocycles. The number of guanidine groups is 1. The predicted octanol–water partition coefficient (Wildman–Crippen LogP) is 3.98. The lowest BCUT2D eigenvalue weighted by Gasteiger charge is -2.29. The molecule has 6 nitrogen and oxygen atoms in total. The molecular formula is C21H40IN5O. The van der Waals surface area contributed by atoms with Crippen molar-refractivity contribution in [3.63, 3.8) is 0 Å². The number of hydrogen-bond donors (Lipinski definition) is 2. The van der Waals surface area contributed by atoms with Crippen LogP contribution in [0, 0.1) is 5.92 Å². The molecule has 7 heteroatoms. The van der Waals surface area contributed by atoms with Crippen molar-refractivity contribution in [2.45, 2.75) is 79.3 Å². The highest BCUT2D eigenvalue weighted by Gasteiger charge is 2.23. The summed E-state index contributed by atoms with van der Waals surface area (Å²) in [4.78, 5) is 7.47. The minimum atomic E-state index is 0. The number of halogens is 1. The van der Waals surface area contributed by atoms with Crippen LogP contribution < -0.4 is 10.6 Å². The topological polar surface area (TPSA) is 65.7 Å². The van der Waals surface area contributed by atoms with E-state index in [0.29, 0.717) is 18.5 Å². The third-order valence-corrected chi connectivity index (χ3v) is 5.25. The summed E-state index contributed by atoms with van der Waals surface area (Å²) in [5, 5.41) is 11.2. The van der Waals surface area contributed by atoms with Gasteiger partial charge in [-0.05, 0) is 51.6 Å². The van der Waals surface area contributed by atoms with Crippen molar-refractivity contribution in [3.8, 4) is 0 Å². The van der Waals surface area contributed by atoms with Gasteiger partial charge in [-0.2, -0.15) is 0 Å². The minimum Gasteiger partial charge on any atom is -0.361 e. The number of aromatic nitrogens is 1. The van der Waals surface area contributed by atoms with Crippen LogP contribution in [0.5, 0.6) is 0 Å². The van der Waals surface area contributed by atoms with Gasteiger partial charge in [0.15, 0.2) is 5.96 Å². The molecule has 2 rings (SSSR count). The van der Waals surface area contributed by atoms with Crippen molar-refractivity contribution in [2.75, 3.05) is 26.2 Å². The summed E-state index contributed by atoms with van der Waals surface area (Å²) in [6.45, 7) is 15.8. The van der Waals surface area contributed by atoms with E-state index in [-0.39, 0.29) is 24.0 Å². The molecule has 2 N–H and O–H groups in total. The largest absolute Gasteiger partial charge is 0.361 e. The van der Waals surface area contributed by atoms with Crippen LogP contribution in [0.2, 0.25) is 0 Å². The van der Waals surface area contributed by atoms with Crippen LogP contribution in [0.1, 0.15) is 70.9 Å². The number of aliphatic imine (C=N–C) groups is 1. The van der Waals surface area contributed by atoms with Gasteiger partial charge in [0.1, 0.15) is 5.76 Å². The lowest BCUT2D eigenvalue weighted by atomic mass is 10.0. The fourth-order valence-electron chi connectivity index (χ4n) is 3.84. The highest BCUT2D eigenvalue weighted by Crippen LogP contribution is 2.18. The first kappa shape index (κ1) is 25.2. The van der Waals surface area contributed by atoms with E-state index in [1.807, 2.05) is 0 Å². The Morgan fingerprint density at radius 1 is 1.14 bits per heavy atom. The Morgan fingerprint density at radius 2 is 1.86 bits per heavy atom. The van der Waals surface area contributed by atoms with E-state index in [1.54, 1.807) is 0 Å². The van der Waals surface area contributed by atoms with E-state index < -0.39 is 0 Å². The first-order chi connectivity index (χ1) is 13.1. The maximum absolute atomic E-state index is 5.47. The summed E-state index contributed by atoms with van der Waals surface area (Å²) in [6.07, 6.45) is 5.61. The molecule has 1 fully saturated rings. The van der Waals surface area contributed by atoms with Crippen LogP contribution in [-0.2, 0) is 19.4 Å². The molecule has 0 saturated carbocycles. The predicted molar refractivity (Wildman–Crippen MR) is 128 cm³/mol. The normalized spacial score (nSPS) is 16.3. The molecule has 0 amide bonds. The summed E-state index contributed by atoms with van der Waals surface area (Å²) in [7, 11) is 0. The van der Waals surface area contributed by atoms with Gasteiger partial charge in [-0.3, -0.25) is 4.90 Å². The van der Waals surface area contributed by atoms with Crippen LogP contribution in [0.25, 0.3) is 0 Å². The Balaban J connectivity index is 0.00000392. The van der Waals surface area contributed by atoms with E-state index in [9.17, 15) is 0 Å². The number of nitrogens with zero attached hydrogens (tertiary/aromatic N) is 3. The van der Waals surface area contributed by atoms with Gasteiger partial charge in [0.25, 0.3) is 0 Å². The molecule has 1 atom stereocenters. The molecule has 0 aliphatic carbocycles. The Hall–Kier alpha value is -0.830. The summed E-state index contributed by atoms with van der Waals surface area (Å²) in [5.41, 5.74) is 2.18. The van der Waals surface area contributed by atoms with E-state index in [4.69, 9.17) is 9.52 Å². The molecule has 0 radical (unpaired) electrons. The first-order valence-corrected chi connectivity index (χ1v) is 10.8. The smallest absolute Gasteiger partial charge is 0.191 e. The molecule has 1 aliphatic rings. The van der Waals surface area contributed by atoms with Gasteiger partial charge in [-0.15, -0.1) is 24.0 Å². The van der Waals surface area contributed by atoms with Gasteiger partial charge in [-0.1, -0.05) is 32.9 Å². The summed E-state index contributed by atoms with van der Waals surface area (Å²) in [6, 6.07) is 0.573. The Labute approximate surface area is 188 Å². The van der Waals surface area contributed by atoms with Crippen molar-refractivity contribution >= 4 is 29.9 Å². The zero-order chi connectivity index (χ0) is 19.6. The molecule has 2 heterocycles. The van der Waals surface area contributed by atoms with E-state index >= 15 is 0 Å². The Morgan fingerprint density at radius 3 is 2.43 bits per heavy atom. The molecule has 1 saturated heterocycles. The molecule has 162 valence electrons. The summed E-state index contributed by atoms with van der Waals surface area (Å²) < 4.78 is 5.47. The summed E-state index contributed by atoms with van der Waals surface area (Å²) >= 11 is 0. The number of nitrogens with one attached hydrogen (secondary N) is 2. The minimum absolute atomic E-state index is 0. The standard InChI is InChI=1S/C21H39N5O.HI/c1-6-19-18(20(7-2)27-25-19)15-24-21(22-8-3)23-14-17(13-16(4)5)26-11-9-10-12-26;/h16-17H,6-15H2,1-5H3,(H2,22,23,24);1H. The highest BCUT2D eigenvalue weighted by atomic mass is 127. The van der Waals surface area contributed by atoms with Gasteiger partial charge < -0.3 is 15.2 Å². The second-order valence-electron chi connectivity index (χ2n) is 7.84. The van der Waals surface area contributed by atoms with Crippen LogP contribution in [0.15, 0.2) is 9.52 Å². The third kappa shape index (κ3) is 7.54. The summed E-state index contributed by atoms with van der Waals surface area (Å²) in [5.74, 6) is 2.55. The molecule has 0 bridgehead atoms. The molecule has 1 unspecified atom stereocenters. The zero-order valence-corrected chi connectivity index (χ0v) is 20.7. The molecule has 0 spiro atoms. The van der Waals surface area contributed by atoms with Gasteiger partial charge in [0.2, 0.25) is 0 Å². The quantitative estimate of drug-likeness (QED) is 0.286. The fraction of sp³-hybridized carbons (Fsp3) is 0.810. The van der Waals surface area contributed by atoms with Crippen molar-refractivity contribution in [1.82, 2.24) is 20.7 Å². The van der Waals surface area contributed by atoms with Crippen molar-refractivity contribution in [1.29, 1.82) is 0 Å². The second kappa shape index (κ2) is 13.4. The third-order valence-electron chi connectivity index (χ3n) is 5.25. The maximum atomic E-state index is 5.47. The fourth-order valence-corrected chi connectivity index (χ4v) is 3.84. The molecule has 1 aromatic heterocycles. The Kier molecular flexibility index (Phi) is 12.1. The molecule has 28 heavy (non-hydrogen) atoms. The van der Waals surface area contributed by atoms with E-state index in [0.717, 1.165) is 48.9 Å². The lowest BCUT2D eigenvalue weighted by Crippen LogP contribution is -2.47. The number of likely N-dealkylation sites (tertiary alicyclic amines) is 1. The maximum Gasteiger partial charge on any atom is 0.191 e. The van der Waals surface area contributed by atoms with Crippen LogP contribution in [0.3, 0.4) is 0 Å². The number of rotatable bonds is 10. The first-order valence-electron chi connectivity index (χ1n) is 10.8. The average molecular weight is 505 g/mol. The van der Waals surface area contributed by atoms with Crippen LogP contribution >= 0.6 is 24.0 Å². The van der Waals surface area contributed by atoms with E-state index in [1.165, 1.54) is 32.4 Å². The highest BCUT2D eigenvalue weighted by molar-refractivity contribution is 14.0. The average Bonchev–Trinajstić information content (AvgIpc) is 3.31. The van der Waals surface area contributed by atoms with Gasteiger partial charge in [0, 0.05) is 31.1 Å². The monoisotopic (exact) mass is 505 g/mol. The molecule has 0 aromatic carbocycles. The zero-order valence-electron chi connectivity index (χ0n) is 18.4. The van der Waals surface area contributed by atoms with Gasteiger partial charge >= 0.3 is 0 Å². The van der Waals surface area contributed by atoms with E-state index in [2.05, 4.69) is 55.3 Å². The number of hydrogen-bond acceptors (Lipinski definition) is 4. The molecular weight excluding hydrogens is 465 g/mol. The van der Waals surface area contributed by atoms with Crippen LogP contribution in [0.4, 0.5) is 0 Å². The van der Waals surface area contributed by atoms with Crippen molar-refractivity contribution in [2.24, 2.45) is 10.9 Å². The van der Waals surface area contributed by atoms with Gasteiger partial charge in [0.05, 0.1) is 12.2 Å². The van der Waals surface area contributed by atoms with Crippen molar-refractivity contribution < 1.29 is 4.52 Å². The second-order valence-corrected chi connectivity index (χ2v) is 7.84. The van der Waals surface area contributed by atoms with Gasteiger partial charge in [-0.25, -0.2) is 4.99 Å². The van der Waals surface area contributed by atoms with Crippen LogP contribution in [-0.4, -0.2) is 48.2 Å². The Bertz CT molecular complexity index is 560.